The first-order valence-corrected chi connectivity index (χ1v) is 11.3. The third-order valence-electron chi connectivity index (χ3n) is 7.42. The van der Waals surface area contributed by atoms with Crippen LogP contribution in [-0.4, -0.2) is 38.4 Å². The summed E-state index contributed by atoms with van der Waals surface area (Å²) in [4.78, 5) is 25.4. The van der Waals surface area contributed by atoms with Crippen molar-refractivity contribution in [3.63, 3.8) is 0 Å². The zero-order chi connectivity index (χ0) is 22.2. The highest BCUT2D eigenvalue weighted by Crippen LogP contribution is 2.56. The molecule has 0 amide bonds. The van der Waals surface area contributed by atoms with Crippen molar-refractivity contribution >= 4 is 11.9 Å². The SMILES string of the molecule is COc1ccc(C(=O)OC2C3CC4CC2CC(C3)C4OC(=O)c2ccc(OC)cc2)cc1. The molecule has 168 valence electrons. The summed E-state index contributed by atoms with van der Waals surface area (Å²) in [6.45, 7) is 0. The average Bonchev–Trinajstić information content (AvgIpc) is 2.82. The molecule has 6 heteroatoms. The van der Waals surface area contributed by atoms with Gasteiger partial charge >= 0.3 is 11.9 Å². The predicted molar refractivity (Wildman–Crippen MR) is 117 cm³/mol. The Morgan fingerprint density at radius 2 is 0.906 bits per heavy atom. The van der Waals surface area contributed by atoms with Crippen LogP contribution >= 0.6 is 0 Å². The van der Waals surface area contributed by atoms with Gasteiger partial charge in [-0.3, -0.25) is 0 Å². The second-order valence-corrected chi connectivity index (χ2v) is 9.18. The van der Waals surface area contributed by atoms with Crippen molar-refractivity contribution in [3.05, 3.63) is 59.7 Å². The minimum Gasteiger partial charge on any atom is -0.497 e. The number of hydrogen-bond donors (Lipinski definition) is 0. The van der Waals surface area contributed by atoms with Gasteiger partial charge < -0.3 is 18.9 Å². The minimum atomic E-state index is -0.271. The number of benzene rings is 2. The van der Waals surface area contributed by atoms with Crippen molar-refractivity contribution in [2.75, 3.05) is 14.2 Å². The second kappa shape index (κ2) is 8.49. The summed E-state index contributed by atoms with van der Waals surface area (Å²) in [5.74, 6) is 2.26. The lowest BCUT2D eigenvalue weighted by molar-refractivity contribution is -0.155. The molecule has 6 rings (SSSR count). The summed E-state index contributed by atoms with van der Waals surface area (Å²) in [7, 11) is 3.20. The maximum absolute atomic E-state index is 12.7. The molecule has 4 fully saturated rings. The van der Waals surface area contributed by atoms with Gasteiger partial charge in [0.2, 0.25) is 0 Å². The highest BCUT2D eigenvalue weighted by Gasteiger charge is 2.55. The molecular formula is C26H28O6. The first-order chi connectivity index (χ1) is 15.6. The lowest BCUT2D eigenvalue weighted by Crippen LogP contribution is -2.57. The van der Waals surface area contributed by atoms with Crippen molar-refractivity contribution in [1.29, 1.82) is 0 Å². The molecule has 32 heavy (non-hydrogen) atoms. The highest BCUT2D eigenvalue weighted by molar-refractivity contribution is 5.90. The Morgan fingerprint density at radius 1 is 0.594 bits per heavy atom. The van der Waals surface area contributed by atoms with Gasteiger partial charge in [0, 0.05) is 0 Å². The molecule has 0 aliphatic heterocycles. The van der Waals surface area contributed by atoms with Crippen molar-refractivity contribution in [1.82, 2.24) is 0 Å². The van der Waals surface area contributed by atoms with Gasteiger partial charge in [0.05, 0.1) is 25.3 Å². The molecule has 0 spiro atoms. The number of hydrogen-bond acceptors (Lipinski definition) is 6. The van der Waals surface area contributed by atoms with E-state index >= 15 is 0 Å². The molecule has 4 aliphatic carbocycles. The monoisotopic (exact) mass is 436 g/mol. The summed E-state index contributed by atoms with van der Waals surface area (Å²) < 4.78 is 22.3. The molecule has 2 aromatic carbocycles. The average molecular weight is 437 g/mol. The maximum atomic E-state index is 12.7. The normalized spacial score (nSPS) is 29.9. The van der Waals surface area contributed by atoms with Crippen LogP contribution < -0.4 is 9.47 Å². The Kier molecular flexibility index (Phi) is 5.53. The summed E-state index contributed by atoms with van der Waals surface area (Å²) >= 11 is 0. The van der Waals surface area contributed by atoms with Crippen LogP contribution in [0.4, 0.5) is 0 Å². The Balaban J connectivity index is 1.21. The lowest BCUT2D eigenvalue weighted by atomic mass is 9.53. The van der Waals surface area contributed by atoms with Crippen LogP contribution in [0, 0.1) is 23.7 Å². The Bertz CT molecular complexity index is 873. The number of carbonyl (C=O) groups excluding carboxylic acids is 2. The van der Waals surface area contributed by atoms with Crippen LogP contribution in [0.15, 0.2) is 48.5 Å². The van der Waals surface area contributed by atoms with E-state index in [9.17, 15) is 9.59 Å². The summed E-state index contributed by atoms with van der Waals surface area (Å²) in [6, 6.07) is 14.1. The van der Waals surface area contributed by atoms with Crippen LogP contribution in [0.25, 0.3) is 0 Å². The molecule has 0 atom stereocenters. The molecule has 4 bridgehead atoms. The van der Waals surface area contributed by atoms with Gasteiger partial charge in [-0.05, 0) is 97.9 Å². The van der Waals surface area contributed by atoms with Crippen LogP contribution in [0.5, 0.6) is 11.5 Å². The van der Waals surface area contributed by atoms with E-state index in [2.05, 4.69) is 0 Å². The fraction of sp³-hybridized carbons (Fsp3) is 0.462. The Hall–Kier alpha value is -3.02. The molecule has 0 N–H and O–H groups in total. The van der Waals surface area contributed by atoms with Gasteiger partial charge in [-0.25, -0.2) is 9.59 Å². The number of ether oxygens (including phenoxy) is 4. The fourth-order valence-corrected chi connectivity index (χ4v) is 6.01. The smallest absolute Gasteiger partial charge is 0.338 e. The summed E-state index contributed by atoms with van der Waals surface area (Å²) in [5.41, 5.74) is 1.09. The first-order valence-electron chi connectivity index (χ1n) is 11.3. The standard InChI is InChI=1S/C26H28O6/c1-29-21-7-3-15(4-8-21)25(27)31-23-17-11-19-13-18(23)14-20(12-17)24(19)32-26(28)16-5-9-22(30-2)10-6-16/h3-10,17-20,23-24H,11-14H2,1-2H3. The Morgan fingerprint density at radius 3 is 1.19 bits per heavy atom. The summed E-state index contributed by atoms with van der Waals surface area (Å²) in [5, 5.41) is 0. The van der Waals surface area contributed by atoms with E-state index in [1.165, 1.54) is 0 Å². The minimum absolute atomic E-state index is 0.0460. The van der Waals surface area contributed by atoms with Gasteiger partial charge in [0.25, 0.3) is 0 Å². The predicted octanol–water partition coefficient (Wildman–Crippen LogP) is 4.52. The number of rotatable bonds is 6. The molecule has 0 radical (unpaired) electrons. The van der Waals surface area contributed by atoms with E-state index in [1.54, 1.807) is 62.8 Å². The molecule has 0 unspecified atom stereocenters. The van der Waals surface area contributed by atoms with Gasteiger partial charge in [0.15, 0.2) is 0 Å². The lowest BCUT2D eigenvalue weighted by Gasteiger charge is -2.56. The Labute approximate surface area is 187 Å². The largest absolute Gasteiger partial charge is 0.497 e. The van der Waals surface area contributed by atoms with Crippen molar-refractivity contribution in [2.45, 2.75) is 37.9 Å². The van der Waals surface area contributed by atoms with Crippen molar-refractivity contribution < 1.29 is 28.5 Å². The van der Waals surface area contributed by atoms with E-state index < -0.39 is 0 Å². The van der Waals surface area contributed by atoms with Gasteiger partial charge in [-0.2, -0.15) is 0 Å². The number of carbonyl (C=O) groups is 2. The fourth-order valence-electron chi connectivity index (χ4n) is 6.01. The van der Waals surface area contributed by atoms with Crippen molar-refractivity contribution in [3.8, 4) is 11.5 Å². The van der Waals surface area contributed by atoms with E-state index in [0.29, 0.717) is 46.3 Å². The van der Waals surface area contributed by atoms with Gasteiger partial charge in [0.1, 0.15) is 23.7 Å². The van der Waals surface area contributed by atoms with Crippen LogP contribution in [0.1, 0.15) is 46.4 Å². The third-order valence-corrected chi connectivity index (χ3v) is 7.42. The zero-order valence-corrected chi connectivity index (χ0v) is 18.4. The molecule has 0 aromatic heterocycles. The second-order valence-electron chi connectivity index (χ2n) is 9.18. The quantitative estimate of drug-likeness (QED) is 0.620. The molecule has 4 aliphatic rings. The topological polar surface area (TPSA) is 71.1 Å². The highest BCUT2D eigenvalue weighted by atomic mass is 16.6. The first kappa shape index (κ1) is 20.9. The zero-order valence-electron chi connectivity index (χ0n) is 18.4. The molecule has 0 saturated heterocycles. The van der Waals surface area contributed by atoms with E-state index in [-0.39, 0.29) is 24.1 Å². The molecule has 2 aromatic rings. The van der Waals surface area contributed by atoms with Crippen LogP contribution in [0.2, 0.25) is 0 Å². The molecule has 4 saturated carbocycles. The summed E-state index contributed by atoms with van der Waals surface area (Å²) in [6.07, 6.45) is 3.66. The van der Waals surface area contributed by atoms with E-state index in [1.807, 2.05) is 0 Å². The number of esters is 2. The van der Waals surface area contributed by atoms with Gasteiger partial charge in [-0.15, -0.1) is 0 Å². The van der Waals surface area contributed by atoms with Crippen molar-refractivity contribution in [2.24, 2.45) is 23.7 Å². The molecule has 0 heterocycles. The van der Waals surface area contributed by atoms with E-state index in [0.717, 1.165) is 25.7 Å². The van der Waals surface area contributed by atoms with Crippen LogP contribution in [0.3, 0.4) is 0 Å². The van der Waals surface area contributed by atoms with Gasteiger partial charge in [-0.1, -0.05) is 0 Å². The molecule has 6 nitrogen and oxygen atoms in total. The third kappa shape index (κ3) is 3.83. The number of methoxy groups -OCH3 is 2. The maximum Gasteiger partial charge on any atom is 0.338 e. The van der Waals surface area contributed by atoms with Crippen LogP contribution in [-0.2, 0) is 9.47 Å². The van der Waals surface area contributed by atoms with E-state index in [4.69, 9.17) is 18.9 Å². The molecular weight excluding hydrogens is 408 g/mol.